The van der Waals surface area contributed by atoms with Gasteiger partial charge in [0.25, 0.3) is 0 Å². The Morgan fingerprint density at radius 2 is 2.13 bits per heavy atom. The lowest BCUT2D eigenvalue weighted by Gasteiger charge is -2.16. The molecule has 0 amide bonds. The molecule has 1 aromatic rings. The number of hydrogen-bond donors (Lipinski definition) is 1. The third kappa shape index (κ3) is 3.36. The number of rotatable bonds is 5. The highest BCUT2D eigenvalue weighted by atomic mass is 16.6. The van der Waals surface area contributed by atoms with E-state index in [0.717, 1.165) is 0 Å². The molecule has 0 bridgehead atoms. The number of nitrogens with zero attached hydrogens (tertiary/aromatic N) is 1. The first-order chi connectivity index (χ1) is 7.00. The Labute approximate surface area is 88.6 Å². The molecule has 0 aliphatic rings. The van der Waals surface area contributed by atoms with Crippen molar-refractivity contribution in [1.82, 2.24) is 5.32 Å². The van der Waals surface area contributed by atoms with E-state index < -0.39 is 4.92 Å². The molecule has 1 heterocycles. The minimum absolute atomic E-state index is 0.205. The molecule has 1 atom stereocenters. The van der Waals surface area contributed by atoms with Crippen LogP contribution in [0, 0.1) is 16.0 Å². The van der Waals surface area contributed by atoms with Gasteiger partial charge in [-0.25, -0.2) is 0 Å². The van der Waals surface area contributed by atoms with Crippen molar-refractivity contribution in [2.24, 2.45) is 5.92 Å². The van der Waals surface area contributed by atoms with E-state index in [4.69, 9.17) is 4.42 Å². The van der Waals surface area contributed by atoms with E-state index in [1.165, 1.54) is 6.07 Å². The normalized spacial score (nSPS) is 13.1. The maximum atomic E-state index is 10.4. The van der Waals surface area contributed by atoms with Gasteiger partial charge in [-0.05, 0) is 18.9 Å². The largest absolute Gasteiger partial charge is 0.433 e. The van der Waals surface area contributed by atoms with E-state index in [-0.39, 0.29) is 5.88 Å². The van der Waals surface area contributed by atoms with Crippen molar-refractivity contribution in [3.05, 3.63) is 28.0 Å². The number of furan rings is 1. The predicted octanol–water partition coefficient (Wildman–Crippen LogP) is 2.32. The van der Waals surface area contributed by atoms with Crippen molar-refractivity contribution in [2.45, 2.75) is 33.4 Å². The van der Waals surface area contributed by atoms with Crippen molar-refractivity contribution in [3.63, 3.8) is 0 Å². The van der Waals surface area contributed by atoms with Crippen molar-refractivity contribution < 1.29 is 9.34 Å². The molecule has 0 radical (unpaired) electrons. The summed E-state index contributed by atoms with van der Waals surface area (Å²) in [5.41, 5.74) is 0. The Bertz CT molecular complexity index is 333. The summed E-state index contributed by atoms with van der Waals surface area (Å²) in [5, 5.41) is 13.6. The SMILES string of the molecule is CC(C)C(C)NCc1ccc([N+](=O)[O-])o1. The number of nitrogens with one attached hydrogen (secondary N) is 1. The summed E-state index contributed by atoms with van der Waals surface area (Å²) in [6.45, 7) is 6.82. The van der Waals surface area contributed by atoms with Crippen molar-refractivity contribution in [2.75, 3.05) is 0 Å². The second-order valence-electron chi connectivity index (χ2n) is 3.91. The van der Waals surface area contributed by atoms with Gasteiger partial charge in [0.15, 0.2) is 0 Å². The fourth-order valence-corrected chi connectivity index (χ4v) is 1.06. The standard InChI is InChI=1S/C10H16N2O3/c1-7(2)8(3)11-6-9-4-5-10(15-9)12(13)14/h4-5,7-8,11H,6H2,1-3H3. The highest BCUT2D eigenvalue weighted by Gasteiger charge is 2.12. The Kier molecular flexibility index (Phi) is 3.85. The number of nitro groups is 1. The lowest BCUT2D eigenvalue weighted by atomic mass is 10.1. The van der Waals surface area contributed by atoms with Crippen LogP contribution in [0.5, 0.6) is 0 Å². The fraction of sp³-hybridized carbons (Fsp3) is 0.600. The lowest BCUT2D eigenvalue weighted by molar-refractivity contribution is -0.402. The van der Waals surface area contributed by atoms with Crippen molar-refractivity contribution in [3.8, 4) is 0 Å². The maximum absolute atomic E-state index is 10.4. The van der Waals surface area contributed by atoms with Gasteiger partial charge in [-0.15, -0.1) is 0 Å². The smallest absolute Gasteiger partial charge is 0.404 e. The van der Waals surface area contributed by atoms with Crippen LogP contribution in [-0.4, -0.2) is 11.0 Å². The van der Waals surface area contributed by atoms with Gasteiger partial charge in [-0.1, -0.05) is 13.8 Å². The van der Waals surface area contributed by atoms with Gasteiger partial charge in [0.05, 0.1) is 12.6 Å². The second kappa shape index (κ2) is 4.93. The molecule has 0 aromatic carbocycles. The van der Waals surface area contributed by atoms with Crippen LogP contribution in [0.25, 0.3) is 0 Å². The molecule has 5 nitrogen and oxygen atoms in total. The summed E-state index contributed by atoms with van der Waals surface area (Å²) < 4.78 is 5.01. The van der Waals surface area contributed by atoms with E-state index in [9.17, 15) is 10.1 Å². The molecule has 0 aliphatic carbocycles. The molecule has 0 fully saturated rings. The first-order valence-electron chi connectivity index (χ1n) is 4.97. The molecular formula is C10H16N2O3. The van der Waals surface area contributed by atoms with E-state index >= 15 is 0 Å². The molecule has 1 aromatic heterocycles. The third-order valence-electron chi connectivity index (χ3n) is 2.43. The maximum Gasteiger partial charge on any atom is 0.433 e. The summed E-state index contributed by atoms with van der Waals surface area (Å²) in [5.74, 6) is 0.910. The topological polar surface area (TPSA) is 68.3 Å². The zero-order valence-corrected chi connectivity index (χ0v) is 9.19. The van der Waals surface area contributed by atoms with Gasteiger partial charge < -0.3 is 9.73 Å². The molecule has 1 unspecified atom stereocenters. The summed E-state index contributed by atoms with van der Waals surface area (Å²) >= 11 is 0. The first-order valence-corrected chi connectivity index (χ1v) is 4.97. The quantitative estimate of drug-likeness (QED) is 0.600. The Morgan fingerprint density at radius 3 is 2.60 bits per heavy atom. The van der Waals surface area contributed by atoms with Gasteiger partial charge >= 0.3 is 5.88 Å². The minimum Gasteiger partial charge on any atom is -0.404 e. The molecule has 84 valence electrons. The first kappa shape index (κ1) is 11.7. The van der Waals surface area contributed by atoms with Crippen LogP contribution in [-0.2, 0) is 6.54 Å². The second-order valence-corrected chi connectivity index (χ2v) is 3.91. The van der Waals surface area contributed by atoms with Crippen LogP contribution >= 0.6 is 0 Å². The average molecular weight is 212 g/mol. The predicted molar refractivity (Wildman–Crippen MR) is 56.5 cm³/mol. The van der Waals surface area contributed by atoms with Gasteiger partial charge in [0.1, 0.15) is 10.7 Å². The number of hydrogen-bond acceptors (Lipinski definition) is 4. The molecule has 5 heteroatoms. The summed E-state index contributed by atoms with van der Waals surface area (Å²) in [6.07, 6.45) is 0. The summed E-state index contributed by atoms with van der Waals surface area (Å²) in [7, 11) is 0. The molecule has 15 heavy (non-hydrogen) atoms. The van der Waals surface area contributed by atoms with Crippen LogP contribution in [0.15, 0.2) is 16.5 Å². The van der Waals surface area contributed by atoms with Gasteiger partial charge in [-0.3, -0.25) is 10.1 Å². The van der Waals surface area contributed by atoms with E-state index in [1.54, 1.807) is 6.07 Å². The third-order valence-corrected chi connectivity index (χ3v) is 2.43. The lowest BCUT2D eigenvalue weighted by Crippen LogP contribution is -2.29. The van der Waals surface area contributed by atoms with Crippen LogP contribution in [0.1, 0.15) is 26.5 Å². The molecule has 0 spiro atoms. The molecular weight excluding hydrogens is 196 g/mol. The van der Waals surface area contributed by atoms with E-state index in [0.29, 0.717) is 24.3 Å². The van der Waals surface area contributed by atoms with Gasteiger partial charge in [-0.2, -0.15) is 0 Å². The molecule has 0 aliphatic heterocycles. The van der Waals surface area contributed by atoms with E-state index in [1.807, 2.05) is 0 Å². The van der Waals surface area contributed by atoms with E-state index in [2.05, 4.69) is 26.1 Å². The Hall–Kier alpha value is -1.36. The summed E-state index contributed by atoms with van der Waals surface area (Å²) in [4.78, 5) is 9.82. The zero-order chi connectivity index (χ0) is 11.4. The molecule has 1 N–H and O–H groups in total. The van der Waals surface area contributed by atoms with Crippen LogP contribution in [0.3, 0.4) is 0 Å². The summed E-state index contributed by atoms with van der Waals surface area (Å²) in [6, 6.07) is 3.35. The zero-order valence-electron chi connectivity index (χ0n) is 9.19. The molecule has 0 saturated heterocycles. The van der Waals surface area contributed by atoms with Gasteiger partial charge in [0.2, 0.25) is 0 Å². The molecule has 1 rings (SSSR count). The monoisotopic (exact) mass is 212 g/mol. The van der Waals surface area contributed by atoms with Gasteiger partial charge in [0, 0.05) is 6.04 Å². The Balaban J connectivity index is 2.48. The Morgan fingerprint density at radius 1 is 1.47 bits per heavy atom. The average Bonchev–Trinajstić information content (AvgIpc) is 2.62. The van der Waals surface area contributed by atoms with Crippen LogP contribution in [0.2, 0.25) is 0 Å². The van der Waals surface area contributed by atoms with Crippen molar-refractivity contribution >= 4 is 5.88 Å². The van der Waals surface area contributed by atoms with Crippen molar-refractivity contribution in [1.29, 1.82) is 0 Å². The fourth-order valence-electron chi connectivity index (χ4n) is 1.06. The van der Waals surface area contributed by atoms with Crippen LogP contribution < -0.4 is 5.32 Å². The minimum atomic E-state index is -0.532. The van der Waals surface area contributed by atoms with Crippen LogP contribution in [0.4, 0.5) is 5.88 Å². The highest BCUT2D eigenvalue weighted by Crippen LogP contribution is 2.15. The highest BCUT2D eigenvalue weighted by molar-refractivity contribution is 5.17. The molecule has 0 saturated carbocycles.